The van der Waals surface area contributed by atoms with E-state index in [9.17, 15) is 9.59 Å². The molecule has 2 aromatic carbocycles. The van der Waals surface area contributed by atoms with E-state index in [-0.39, 0.29) is 17.3 Å². The van der Waals surface area contributed by atoms with Crippen LogP contribution in [0.15, 0.2) is 53.1 Å². The van der Waals surface area contributed by atoms with Crippen molar-refractivity contribution < 1.29 is 14.3 Å². The van der Waals surface area contributed by atoms with Gasteiger partial charge in [-0.15, -0.1) is 0 Å². The summed E-state index contributed by atoms with van der Waals surface area (Å²) in [7, 11) is 5.85. The monoisotopic (exact) mass is 480 g/mol. The second-order valence-electron chi connectivity index (χ2n) is 8.95. The third kappa shape index (κ3) is 5.56. The number of benzene rings is 2. The predicted molar refractivity (Wildman–Crippen MR) is 136 cm³/mol. The highest BCUT2D eigenvalue weighted by Gasteiger charge is 2.31. The Hall–Kier alpha value is -2.97. The number of carbonyl (C=O) groups is 2. The fourth-order valence-electron chi connectivity index (χ4n) is 4.33. The van der Waals surface area contributed by atoms with E-state index in [0.717, 1.165) is 36.1 Å². The molecule has 1 heterocycles. The first-order valence-electron chi connectivity index (χ1n) is 11.5. The number of ether oxygens (including phenoxy) is 1. The minimum atomic E-state index is -0.167. The lowest BCUT2D eigenvalue weighted by Crippen LogP contribution is -2.40. The number of carbonyl (C=O) groups excluding carboxylic acids is 2. The maximum Gasteiger partial charge on any atom is 0.253 e. The minimum absolute atomic E-state index is 0.132. The molecule has 1 aliphatic heterocycles. The Morgan fingerprint density at radius 2 is 1.94 bits per heavy atom. The van der Waals surface area contributed by atoms with E-state index < -0.39 is 0 Å². The molecule has 34 heavy (non-hydrogen) atoms. The van der Waals surface area contributed by atoms with Gasteiger partial charge in [0.25, 0.3) is 11.8 Å². The number of hydrogen-bond donors (Lipinski definition) is 3. The SMILES string of the molecule is COc1ccc(C(=O)NCc2cccc(C(=O)NC3NC4=C(C[C@H](N(C)C)CC4)S3)c2)cc1C. The largest absolute Gasteiger partial charge is 0.496 e. The van der Waals surface area contributed by atoms with Gasteiger partial charge in [-0.05, 0) is 81.7 Å². The van der Waals surface area contributed by atoms with Crippen molar-refractivity contribution in [2.75, 3.05) is 21.2 Å². The number of rotatable bonds is 7. The van der Waals surface area contributed by atoms with Crippen LogP contribution in [0.4, 0.5) is 0 Å². The van der Waals surface area contributed by atoms with Crippen molar-refractivity contribution in [3.05, 3.63) is 75.3 Å². The highest BCUT2D eigenvalue weighted by Crippen LogP contribution is 2.39. The average molecular weight is 481 g/mol. The molecule has 0 fully saturated rings. The lowest BCUT2D eigenvalue weighted by molar-refractivity contribution is 0.0942. The van der Waals surface area contributed by atoms with E-state index in [1.165, 1.54) is 10.6 Å². The Morgan fingerprint density at radius 1 is 1.15 bits per heavy atom. The van der Waals surface area contributed by atoms with Crippen LogP contribution in [0.25, 0.3) is 0 Å². The van der Waals surface area contributed by atoms with Crippen molar-refractivity contribution in [1.29, 1.82) is 0 Å². The van der Waals surface area contributed by atoms with E-state index in [4.69, 9.17) is 4.74 Å². The quantitative estimate of drug-likeness (QED) is 0.562. The lowest BCUT2D eigenvalue weighted by atomic mass is 9.98. The molecule has 2 aliphatic rings. The van der Waals surface area contributed by atoms with Crippen molar-refractivity contribution in [1.82, 2.24) is 20.9 Å². The Morgan fingerprint density at radius 3 is 2.68 bits per heavy atom. The van der Waals surface area contributed by atoms with E-state index in [0.29, 0.717) is 23.7 Å². The summed E-state index contributed by atoms with van der Waals surface area (Å²) in [5, 5.41) is 9.48. The summed E-state index contributed by atoms with van der Waals surface area (Å²) in [4.78, 5) is 29.1. The van der Waals surface area contributed by atoms with Crippen LogP contribution in [0.3, 0.4) is 0 Å². The van der Waals surface area contributed by atoms with Crippen LogP contribution in [0.5, 0.6) is 5.75 Å². The molecular formula is C26H32N4O3S. The third-order valence-electron chi connectivity index (χ3n) is 6.34. The molecule has 180 valence electrons. The summed E-state index contributed by atoms with van der Waals surface area (Å²) in [6.07, 6.45) is 3.17. The molecule has 1 aliphatic carbocycles. The van der Waals surface area contributed by atoms with Gasteiger partial charge >= 0.3 is 0 Å². The van der Waals surface area contributed by atoms with Gasteiger partial charge in [0.05, 0.1) is 7.11 Å². The van der Waals surface area contributed by atoms with Crippen LogP contribution in [-0.2, 0) is 6.54 Å². The second kappa shape index (κ2) is 10.5. The maximum atomic E-state index is 12.9. The number of amides is 2. The van der Waals surface area contributed by atoms with Gasteiger partial charge in [0, 0.05) is 34.3 Å². The van der Waals surface area contributed by atoms with Crippen molar-refractivity contribution in [3.8, 4) is 5.75 Å². The number of methoxy groups -OCH3 is 1. The molecule has 4 rings (SSSR count). The van der Waals surface area contributed by atoms with Gasteiger partial charge in [0.15, 0.2) is 5.50 Å². The average Bonchev–Trinajstić information content (AvgIpc) is 3.24. The fourth-order valence-corrected chi connectivity index (χ4v) is 5.57. The van der Waals surface area contributed by atoms with Crippen LogP contribution < -0.4 is 20.7 Å². The second-order valence-corrected chi connectivity index (χ2v) is 10.1. The van der Waals surface area contributed by atoms with Crippen molar-refractivity contribution in [2.24, 2.45) is 0 Å². The van der Waals surface area contributed by atoms with Gasteiger partial charge in [-0.1, -0.05) is 23.9 Å². The van der Waals surface area contributed by atoms with Crippen molar-refractivity contribution in [2.45, 2.75) is 44.3 Å². The number of hydrogen-bond acceptors (Lipinski definition) is 6. The van der Waals surface area contributed by atoms with Gasteiger partial charge < -0.3 is 25.6 Å². The minimum Gasteiger partial charge on any atom is -0.496 e. The first-order chi connectivity index (χ1) is 16.3. The highest BCUT2D eigenvalue weighted by molar-refractivity contribution is 8.03. The Bertz CT molecular complexity index is 1110. The molecule has 2 atom stereocenters. The molecule has 2 amide bonds. The summed E-state index contributed by atoms with van der Waals surface area (Å²) < 4.78 is 5.25. The number of allylic oxidation sites excluding steroid dienone is 1. The van der Waals surface area contributed by atoms with Gasteiger partial charge in [0.2, 0.25) is 0 Å². The van der Waals surface area contributed by atoms with Gasteiger partial charge in [-0.25, -0.2) is 0 Å². The molecule has 0 saturated carbocycles. The zero-order valence-corrected chi connectivity index (χ0v) is 20.9. The Kier molecular flexibility index (Phi) is 7.48. The van der Waals surface area contributed by atoms with E-state index >= 15 is 0 Å². The molecule has 7 nitrogen and oxygen atoms in total. The maximum absolute atomic E-state index is 12.9. The number of aryl methyl sites for hydroxylation is 1. The fraction of sp³-hybridized carbons (Fsp3) is 0.385. The standard InChI is InChI=1S/C26H32N4O3S/c1-16-12-19(8-11-22(16)33-4)24(31)27-15-17-6-5-7-18(13-17)25(32)29-26-28-21-10-9-20(30(2)3)14-23(21)34-26/h5-8,11-13,20,26,28H,9-10,14-15H2,1-4H3,(H,27,31)(H,29,32)/t20-,26?/m1/s1. The molecule has 0 aromatic heterocycles. The summed E-state index contributed by atoms with van der Waals surface area (Å²) in [6, 6.07) is 13.2. The Balaban J connectivity index is 1.31. The normalized spacial score (nSPS) is 19.4. The van der Waals surface area contributed by atoms with Crippen LogP contribution >= 0.6 is 11.8 Å². The van der Waals surface area contributed by atoms with E-state index in [2.05, 4.69) is 34.9 Å². The van der Waals surface area contributed by atoms with Gasteiger partial charge in [-0.3, -0.25) is 9.59 Å². The molecule has 8 heteroatoms. The molecule has 1 unspecified atom stereocenters. The van der Waals surface area contributed by atoms with Crippen molar-refractivity contribution >= 4 is 23.6 Å². The number of thioether (sulfide) groups is 1. The van der Waals surface area contributed by atoms with Gasteiger partial charge in [-0.2, -0.15) is 0 Å². The topological polar surface area (TPSA) is 82.7 Å². The van der Waals surface area contributed by atoms with Crippen LogP contribution in [0.2, 0.25) is 0 Å². The first-order valence-corrected chi connectivity index (χ1v) is 12.4. The zero-order chi connectivity index (χ0) is 24.2. The molecular weight excluding hydrogens is 448 g/mol. The molecule has 3 N–H and O–H groups in total. The molecule has 0 spiro atoms. The third-order valence-corrected chi connectivity index (χ3v) is 7.51. The molecule has 0 saturated heterocycles. The molecule has 0 radical (unpaired) electrons. The highest BCUT2D eigenvalue weighted by atomic mass is 32.2. The van der Waals surface area contributed by atoms with E-state index in [1.807, 2.05) is 25.1 Å². The Labute approximate surface area is 205 Å². The van der Waals surface area contributed by atoms with Crippen LogP contribution in [0, 0.1) is 6.92 Å². The summed E-state index contributed by atoms with van der Waals surface area (Å²) in [5.41, 5.74) is 4.03. The smallest absolute Gasteiger partial charge is 0.253 e. The molecule has 2 aromatic rings. The molecule has 0 bridgehead atoms. The lowest BCUT2D eigenvalue weighted by Gasteiger charge is -2.28. The first kappa shape index (κ1) is 24.2. The number of nitrogens with zero attached hydrogens (tertiary/aromatic N) is 1. The predicted octanol–water partition coefficient (Wildman–Crippen LogP) is 3.61. The summed E-state index contributed by atoms with van der Waals surface area (Å²) in [6.45, 7) is 2.24. The summed E-state index contributed by atoms with van der Waals surface area (Å²) >= 11 is 1.70. The van der Waals surface area contributed by atoms with Gasteiger partial charge in [0.1, 0.15) is 5.75 Å². The van der Waals surface area contributed by atoms with E-state index in [1.54, 1.807) is 43.1 Å². The van der Waals surface area contributed by atoms with Crippen molar-refractivity contribution in [3.63, 3.8) is 0 Å². The number of nitrogens with one attached hydrogen (secondary N) is 3. The van der Waals surface area contributed by atoms with Crippen LogP contribution in [-0.4, -0.2) is 49.5 Å². The zero-order valence-electron chi connectivity index (χ0n) is 20.1. The van der Waals surface area contributed by atoms with Crippen LogP contribution in [0.1, 0.15) is 51.1 Å². The summed E-state index contributed by atoms with van der Waals surface area (Å²) in [5.74, 6) is 0.451.